The van der Waals surface area contributed by atoms with Gasteiger partial charge in [0.25, 0.3) is 0 Å². The number of aromatic nitrogens is 1. The summed E-state index contributed by atoms with van der Waals surface area (Å²) in [5, 5.41) is 9.03. The molecule has 0 aliphatic heterocycles. The molecular weight excluding hydrogens is 510 g/mol. The van der Waals surface area contributed by atoms with Gasteiger partial charge in [-0.15, -0.1) is 0 Å². The van der Waals surface area contributed by atoms with Gasteiger partial charge in [0.2, 0.25) is 17.7 Å². The smallest absolute Gasteiger partial charge is 0.408 e. The van der Waals surface area contributed by atoms with Crippen molar-refractivity contribution < 1.29 is 23.9 Å². The number of hydrogen-bond donors (Lipinski definition) is 5. The van der Waals surface area contributed by atoms with E-state index in [0.29, 0.717) is 6.42 Å². The molecule has 0 saturated heterocycles. The highest BCUT2D eigenvalue weighted by Crippen LogP contribution is 2.20. The lowest BCUT2D eigenvalue weighted by atomic mass is 9.99. The number of primary amides is 1. The van der Waals surface area contributed by atoms with E-state index in [4.69, 9.17) is 10.5 Å². The molecule has 3 atom stereocenters. The van der Waals surface area contributed by atoms with E-state index in [-0.39, 0.29) is 24.9 Å². The molecule has 0 fully saturated rings. The summed E-state index contributed by atoms with van der Waals surface area (Å²) >= 11 is 0. The minimum Gasteiger partial charge on any atom is -0.445 e. The molecule has 0 saturated carbocycles. The zero-order valence-corrected chi connectivity index (χ0v) is 23.4. The Balaban J connectivity index is 1.77. The van der Waals surface area contributed by atoms with Crippen molar-refractivity contribution in [1.29, 1.82) is 0 Å². The molecule has 1 aromatic heterocycles. The van der Waals surface area contributed by atoms with Crippen LogP contribution in [-0.2, 0) is 32.1 Å². The second-order valence-electron chi connectivity index (χ2n) is 10.6. The van der Waals surface area contributed by atoms with Crippen LogP contribution in [0.5, 0.6) is 0 Å². The van der Waals surface area contributed by atoms with E-state index >= 15 is 0 Å². The Hall–Kier alpha value is -4.34. The molecule has 1 heterocycles. The van der Waals surface area contributed by atoms with Crippen LogP contribution in [-0.4, -0.2) is 46.9 Å². The molecule has 10 heteroatoms. The number of nitrogens with one attached hydrogen (secondary N) is 4. The molecular formula is C30H39N5O5. The Kier molecular flexibility index (Phi) is 10.7. The van der Waals surface area contributed by atoms with E-state index in [9.17, 15) is 19.2 Å². The maximum Gasteiger partial charge on any atom is 0.408 e. The third-order valence-electron chi connectivity index (χ3n) is 6.53. The first kappa shape index (κ1) is 30.2. The Morgan fingerprint density at radius 2 is 1.50 bits per heavy atom. The van der Waals surface area contributed by atoms with Gasteiger partial charge in [-0.2, -0.15) is 0 Å². The number of rotatable bonds is 13. The van der Waals surface area contributed by atoms with Crippen LogP contribution in [0.25, 0.3) is 10.9 Å². The molecule has 0 unspecified atom stereocenters. The van der Waals surface area contributed by atoms with E-state index in [1.54, 1.807) is 20.0 Å². The number of para-hydroxylation sites is 1. The minimum atomic E-state index is -1.04. The molecule has 214 valence electrons. The predicted octanol–water partition coefficient (Wildman–Crippen LogP) is 3.16. The van der Waals surface area contributed by atoms with E-state index in [0.717, 1.165) is 22.0 Å². The van der Waals surface area contributed by atoms with Crippen LogP contribution in [0.15, 0.2) is 60.8 Å². The van der Waals surface area contributed by atoms with Crippen molar-refractivity contribution in [2.45, 2.75) is 65.3 Å². The van der Waals surface area contributed by atoms with Crippen molar-refractivity contribution in [2.75, 3.05) is 0 Å². The van der Waals surface area contributed by atoms with Crippen molar-refractivity contribution in [3.8, 4) is 0 Å². The van der Waals surface area contributed by atoms with Crippen molar-refractivity contribution in [2.24, 2.45) is 17.6 Å². The Bertz CT molecular complexity index is 1300. The predicted molar refractivity (Wildman–Crippen MR) is 153 cm³/mol. The molecule has 0 aliphatic carbocycles. The first-order valence-electron chi connectivity index (χ1n) is 13.5. The van der Waals surface area contributed by atoms with E-state index in [1.165, 1.54) is 0 Å². The van der Waals surface area contributed by atoms with E-state index in [2.05, 4.69) is 20.9 Å². The van der Waals surface area contributed by atoms with Gasteiger partial charge < -0.3 is 31.4 Å². The number of carbonyl (C=O) groups excluding carboxylic acids is 4. The van der Waals surface area contributed by atoms with Crippen molar-refractivity contribution in [3.05, 3.63) is 71.9 Å². The molecule has 6 N–H and O–H groups in total. The first-order chi connectivity index (χ1) is 19.0. The van der Waals surface area contributed by atoms with Crippen LogP contribution >= 0.6 is 0 Å². The Morgan fingerprint density at radius 3 is 2.15 bits per heavy atom. The second-order valence-corrected chi connectivity index (χ2v) is 10.6. The lowest BCUT2D eigenvalue weighted by Gasteiger charge is -2.26. The van der Waals surface area contributed by atoms with Gasteiger partial charge in [-0.3, -0.25) is 14.4 Å². The highest BCUT2D eigenvalue weighted by Gasteiger charge is 2.31. The topological polar surface area (TPSA) is 155 Å². The van der Waals surface area contributed by atoms with Gasteiger partial charge in [-0.25, -0.2) is 4.79 Å². The van der Waals surface area contributed by atoms with Gasteiger partial charge in [-0.1, -0.05) is 76.2 Å². The lowest BCUT2D eigenvalue weighted by Crippen LogP contribution is -2.58. The van der Waals surface area contributed by atoms with Crippen LogP contribution in [0, 0.1) is 11.8 Å². The summed E-state index contributed by atoms with van der Waals surface area (Å²) in [7, 11) is 0. The quantitative estimate of drug-likeness (QED) is 0.221. The highest BCUT2D eigenvalue weighted by atomic mass is 16.5. The van der Waals surface area contributed by atoms with Gasteiger partial charge in [0.1, 0.15) is 24.7 Å². The number of H-pyrrole nitrogens is 1. The summed E-state index contributed by atoms with van der Waals surface area (Å²) in [5.74, 6) is -1.94. The van der Waals surface area contributed by atoms with Gasteiger partial charge in [-0.05, 0) is 35.4 Å². The average Bonchev–Trinajstić information content (AvgIpc) is 3.32. The number of amides is 4. The molecule has 0 spiro atoms. The number of benzene rings is 2. The number of alkyl carbamates (subject to hydrolysis) is 1. The fourth-order valence-electron chi connectivity index (χ4n) is 4.41. The van der Waals surface area contributed by atoms with Crippen molar-refractivity contribution in [3.63, 3.8) is 0 Å². The molecule has 4 amide bonds. The normalized spacial score (nSPS) is 13.4. The number of hydrogen-bond acceptors (Lipinski definition) is 5. The standard InChI is InChI=1S/C30H39N5O5/c1-18(2)14-24(27(31)36)33-28(37)25(15-21-16-32-23-13-9-8-12-22(21)23)34-29(38)26(19(3)4)35-30(39)40-17-20-10-6-5-7-11-20/h5-13,16,18-19,24-26,32H,14-15,17H2,1-4H3,(H2,31,36)(H,33,37)(H,34,38)(H,35,39)/t24-,25-,26-/m0/s1. The fraction of sp³-hybridized carbons (Fsp3) is 0.400. The molecule has 0 bridgehead atoms. The van der Waals surface area contributed by atoms with Crippen molar-refractivity contribution in [1.82, 2.24) is 20.9 Å². The summed E-state index contributed by atoms with van der Waals surface area (Å²) in [6.45, 7) is 7.45. The Morgan fingerprint density at radius 1 is 0.850 bits per heavy atom. The zero-order valence-electron chi connectivity index (χ0n) is 23.4. The number of nitrogens with two attached hydrogens (primary N) is 1. The van der Waals surface area contributed by atoms with Crippen LogP contribution in [0.1, 0.15) is 45.2 Å². The third kappa shape index (κ3) is 8.59. The van der Waals surface area contributed by atoms with Crippen LogP contribution in [0.3, 0.4) is 0 Å². The summed E-state index contributed by atoms with van der Waals surface area (Å²) in [6.07, 6.45) is 1.55. The van der Waals surface area contributed by atoms with Gasteiger partial charge in [0, 0.05) is 23.5 Å². The molecule has 40 heavy (non-hydrogen) atoms. The van der Waals surface area contributed by atoms with E-state index < -0.39 is 41.9 Å². The van der Waals surface area contributed by atoms with Gasteiger partial charge in [0.05, 0.1) is 0 Å². The maximum absolute atomic E-state index is 13.5. The van der Waals surface area contributed by atoms with Crippen molar-refractivity contribution >= 4 is 34.7 Å². The summed E-state index contributed by atoms with van der Waals surface area (Å²) in [5.41, 5.74) is 8.06. The molecule has 10 nitrogen and oxygen atoms in total. The fourth-order valence-corrected chi connectivity index (χ4v) is 4.41. The molecule has 3 aromatic rings. The SMILES string of the molecule is CC(C)C[C@H](NC(=O)[C@H](Cc1c[nH]c2ccccc12)NC(=O)[C@@H](NC(=O)OCc1ccccc1)C(C)C)C(N)=O. The molecule has 2 aromatic carbocycles. The Labute approximate surface area is 234 Å². The summed E-state index contributed by atoms with van der Waals surface area (Å²) in [4.78, 5) is 54.6. The van der Waals surface area contributed by atoms with Crippen LogP contribution < -0.4 is 21.7 Å². The summed E-state index contributed by atoms with van der Waals surface area (Å²) < 4.78 is 5.30. The molecule has 0 aliphatic rings. The number of fused-ring (bicyclic) bond motifs is 1. The monoisotopic (exact) mass is 549 g/mol. The second kappa shape index (κ2) is 14.2. The zero-order chi connectivity index (χ0) is 29.2. The number of ether oxygens (including phenoxy) is 1. The van der Waals surface area contributed by atoms with Crippen LogP contribution in [0.4, 0.5) is 4.79 Å². The lowest BCUT2D eigenvalue weighted by molar-refractivity contribution is -0.132. The average molecular weight is 550 g/mol. The highest BCUT2D eigenvalue weighted by molar-refractivity contribution is 5.94. The summed E-state index contributed by atoms with van der Waals surface area (Å²) in [6, 6.07) is 13.9. The third-order valence-corrected chi connectivity index (χ3v) is 6.53. The van der Waals surface area contributed by atoms with Gasteiger partial charge in [0.15, 0.2) is 0 Å². The molecule has 3 rings (SSSR count). The minimum absolute atomic E-state index is 0.0507. The number of aromatic amines is 1. The van der Waals surface area contributed by atoms with Gasteiger partial charge >= 0.3 is 6.09 Å². The number of carbonyl (C=O) groups is 4. The largest absolute Gasteiger partial charge is 0.445 e. The van der Waals surface area contributed by atoms with Crippen LogP contribution in [0.2, 0.25) is 0 Å². The maximum atomic E-state index is 13.5. The molecule has 0 radical (unpaired) electrons. The first-order valence-corrected chi connectivity index (χ1v) is 13.5. The van der Waals surface area contributed by atoms with E-state index in [1.807, 2.05) is 68.4 Å².